The summed E-state index contributed by atoms with van der Waals surface area (Å²) in [6, 6.07) is 12.0. The second kappa shape index (κ2) is 14.5. The van der Waals surface area contributed by atoms with E-state index in [1.165, 1.54) is 4.90 Å². The molecule has 1 saturated heterocycles. The summed E-state index contributed by atoms with van der Waals surface area (Å²) in [5.74, 6) is 0.724. The quantitative estimate of drug-likeness (QED) is 0.452. The van der Waals surface area contributed by atoms with Crippen molar-refractivity contribution < 1.29 is 33.0 Å². The monoisotopic (exact) mass is 619 g/mol. The van der Waals surface area contributed by atoms with Gasteiger partial charge in [-0.15, -0.1) is 0 Å². The minimum Gasteiger partial charge on any atom is -0.493 e. The minimum atomic E-state index is -0.812. The van der Waals surface area contributed by atoms with Crippen LogP contribution < -0.4 is 25.0 Å². The van der Waals surface area contributed by atoms with E-state index in [0.29, 0.717) is 72.7 Å². The van der Waals surface area contributed by atoms with E-state index in [2.05, 4.69) is 20.5 Å². The number of para-hydroxylation sites is 1. The average Bonchev–Trinajstić information content (AvgIpc) is 3.43. The van der Waals surface area contributed by atoms with Crippen molar-refractivity contribution in [3.8, 4) is 23.0 Å². The number of oxazole rings is 1. The summed E-state index contributed by atoms with van der Waals surface area (Å²) in [4.78, 5) is 49.0. The third-order valence-electron chi connectivity index (χ3n) is 7.94. The zero-order valence-corrected chi connectivity index (χ0v) is 26.3. The second-order valence-corrected chi connectivity index (χ2v) is 11.4. The predicted octanol–water partition coefficient (Wildman–Crippen LogP) is 3.18. The molecule has 0 aliphatic carbocycles. The van der Waals surface area contributed by atoms with Crippen molar-refractivity contribution in [2.75, 3.05) is 58.0 Å². The van der Waals surface area contributed by atoms with Crippen molar-refractivity contribution >= 4 is 23.4 Å². The van der Waals surface area contributed by atoms with Gasteiger partial charge in [0.15, 0.2) is 11.5 Å². The molecule has 5 rings (SSSR count). The van der Waals surface area contributed by atoms with Gasteiger partial charge >= 0.3 is 0 Å². The lowest BCUT2D eigenvalue weighted by atomic mass is 10.0. The van der Waals surface area contributed by atoms with Gasteiger partial charge in [0, 0.05) is 30.9 Å². The molecule has 0 radical (unpaired) electrons. The highest BCUT2D eigenvalue weighted by Crippen LogP contribution is 2.33. The van der Waals surface area contributed by atoms with Gasteiger partial charge in [-0.3, -0.25) is 14.4 Å². The summed E-state index contributed by atoms with van der Waals surface area (Å²) in [6.45, 7) is 8.37. The summed E-state index contributed by atoms with van der Waals surface area (Å²) in [5, 5.41) is 5.74. The molecular formula is C33H41N5O7. The van der Waals surface area contributed by atoms with Gasteiger partial charge in [-0.1, -0.05) is 26.0 Å². The number of methoxy groups -OCH3 is 1. The molecule has 12 heteroatoms. The number of aromatic nitrogens is 1. The maximum absolute atomic E-state index is 14.1. The standard InChI is InChI=1S/C33H41N5O7/c1-21(2)30-31(40)34-19-25-22(3)45-32(35-25)23-10-11-27(42-4)28(18-23)44-15-7-12-38(20-29(39)36-30)33(41)24-8-5-6-9-26(24)37-13-16-43-17-14-37/h5-6,8-11,18,21,30H,7,12-17,19-20H2,1-4H3,(H,34,40)(H,36,39)/t30-/m0/s1. The molecule has 12 nitrogen and oxygen atoms in total. The fourth-order valence-electron chi connectivity index (χ4n) is 5.44. The Bertz CT molecular complexity index is 1510. The van der Waals surface area contributed by atoms with Crippen LogP contribution in [0.1, 0.15) is 42.1 Å². The number of rotatable bonds is 4. The first-order valence-corrected chi connectivity index (χ1v) is 15.3. The lowest BCUT2D eigenvalue weighted by Gasteiger charge is -2.32. The number of morpholine rings is 1. The molecular weight excluding hydrogens is 578 g/mol. The lowest BCUT2D eigenvalue weighted by Crippen LogP contribution is -2.52. The highest BCUT2D eigenvalue weighted by atomic mass is 16.5. The van der Waals surface area contributed by atoms with Crippen LogP contribution in [0.4, 0.5) is 5.69 Å². The number of anilines is 1. The van der Waals surface area contributed by atoms with Crippen LogP contribution in [-0.4, -0.2) is 86.8 Å². The number of fused-ring (bicyclic) bond motifs is 5. The normalized spacial score (nSPS) is 18.4. The van der Waals surface area contributed by atoms with E-state index >= 15 is 0 Å². The topological polar surface area (TPSA) is 135 Å². The fourth-order valence-corrected chi connectivity index (χ4v) is 5.44. The van der Waals surface area contributed by atoms with Crippen LogP contribution in [-0.2, 0) is 20.9 Å². The molecule has 3 heterocycles. The summed E-state index contributed by atoms with van der Waals surface area (Å²) < 4.78 is 23.1. The van der Waals surface area contributed by atoms with E-state index in [1.54, 1.807) is 32.2 Å². The molecule has 1 aromatic heterocycles. The Morgan fingerprint density at radius 1 is 1.07 bits per heavy atom. The Hall–Kier alpha value is -4.58. The smallest absolute Gasteiger partial charge is 0.256 e. The van der Waals surface area contributed by atoms with Crippen molar-refractivity contribution in [3.05, 3.63) is 59.5 Å². The molecule has 0 spiro atoms. The molecule has 2 aromatic carbocycles. The number of nitrogens with zero attached hydrogens (tertiary/aromatic N) is 3. The van der Waals surface area contributed by atoms with Crippen LogP contribution >= 0.6 is 0 Å². The van der Waals surface area contributed by atoms with E-state index in [-0.39, 0.29) is 44.0 Å². The number of aryl methyl sites for hydroxylation is 1. The average molecular weight is 620 g/mol. The van der Waals surface area contributed by atoms with Crippen LogP contribution in [0, 0.1) is 12.8 Å². The van der Waals surface area contributed by atoms with Gasteiger partial charge in [0.25, 0.3) is 5.91 Å². The van der Waals surface area contributed by atoms with E-state index in [9.17, 15) is 14.4 Å². The number of nitrogens with one attached hydrogen (secondary N) is 2. The van der Waals surface area contributed by atoms with Crippen LogP contribution in [0.15, 0.2) is 46.9 Å². The molecule has 3 amide bonds. The predicted molar refractivity (Wildman–Crippen MR) is 167 cm³/mol. The first-order valence-electron chi connectivity index (χ1n) is 15.3. The molecule has 3 aromatic rings. The first-order chi connectivity index (χ1) is 21.7. The van der Waals surface area contributed by atoms with Crippen LogP contribution in [0.3, 0.4) is 0 Å². The molecule has 0 saturated carbocycles. The molecule has 2 aliphatic heterocycles. The third-order valence-corrected chi connectivity index (χ3v) is 7.94. The Kier molecular flexibility index (Phi) is 10.2. The van der Waals surface area contributed by atoms with Crippen LogP contribution in [0.25, 0.3) is 11.5 Å². The lowest BCUT2D eigenvalue weighted by molar-refractivity contribution is -0.130. The van der Waals surface area contributed by atoms with Gasteiger partial charge in [-0.2, -0.15) is 0 Å². The van der Waals surface area contributed by atoms with Crippen molar-refractivity contribution in [2.45, 2.75) is 39.8 Å². The van der Waals surface area contributed by atoms with Gasteiger partial charge < -0.3 is 39.1 Å². The van der Waals surface area contributed by atoms with Crippen molar-refractivity contribution in [2.24, 2.45) is 5.92 Å². The summed E-state index contributed by atoms with van der Waals surface area (Å²) in [6.07, 6.45) is 0.433. The van der Waals surface area contributed by atoms with Crippen molar-refractivity contribution in [1.29, 1.82) is 0 Å². The minimum absolute atomic E-state index is 0.121. The molecule has 1 fully saturated rings. The van der Waals surface area contributed by atoms with Gasteiger partial charge in [-0.05, 0) is 49.6 Å². The SMILES string of the molecule is COc1ccc2cc1OCCCN(C(=O)c1ccccc1N1CCOCC1)CC(=O)N[C@@H](C(C)C)C(=O)NCc1nc-2oc1C. The summed E-state index contributed by atoms with van der Waals surface area (Å²) in [7, 11) is 1.56. The number of ether oxygens (including phenoxy) is 3. The first kappa shape index (κ1) is 31.8. The largest absolute Gasteiger partial charge is 0.493 e. The molecule has 4 bridgehead atoms. The number of amides is 3. The highest BCUT2D eigenvalue weighted by molar-refractivity contribution is 6.01. The third kappa shape index (κ3) is 7.56. The summed E-state index contributed by atoms with van der Waals surface area (Å²) in [5.41, 5.74) is 2.56. The van der Waals surface area contributed by atoms with E-state index in [1.807, 2.05) is 38.1 Å². The molecule has 2 N–H and O–H groups in total. The zero-order valence-electron chi connectivity index (χ0n) is 26.3. The van der Waals surface area contributed by atoms with Gasteiger partial charge in [0.2, 0.25) is 17.7 Å². The Balaban J connectivity index is 1.44. The molecule has 2 aliphatic rings. The molecule has 1 atom stereocenters. The van der Waals surface area contributed by atoms with Gasteiger partial charge in [-0.25, -0.2) is 4.98 Å². The van der Waals surface area contributed by atoms with E-state index < -0.39 is 11.9 Å². The number of hydrogen-bond donors (Lipinski definition) is 2. The van der Waals surface area contributed by atoms with Crippen molar-refractivity contribution in [1.82, 2.24) is 20.5 Å². The van der Waals surface area contributed by atoms with Crippen LogP contribution in [0.2, 0.25) is 0 Å². The fraction of sp³-hybridized carbons (Fsp3) is 0.455. The van der Waals surface area contributed by atoms with Gasteiger partial charge in [0.05, 0.1) is 45.6 Å². The van der Waals surface area contributed by atoms with Crippen LogP contribution in [0.5, 0.6) is 11.5 Å². The Morgan fingerprint density at radius 2 is 1.84 bits per heavy atom. The number of hydrogen-bond acceptors (Lipinski definition) is 9. The number of carbonyl (C=O) groups is 3. The summed E-state index contributed by atoms with van der Waals surface area (Å²) >= 11 is 0. The van der Waals surface area contributed by atoms with Crippen molar-refractivity contribution in [3.63, 3.8) is 0 Å². The van der Waals surface area contributed by atoms with E-state index in [4.69, 9.17) is 18.6 Å². The Labute approximate surface area is 263 Å². The van der Waals surface area contributed by atoms with Gasteiger partial charge in [0.1, 0.15) is 17.5 Å². The molecule has 240 valence electrons. The number of benzene rings is 2. The maximum Gasteiger partial charge on any atom is 0.256 e. The highest BCUT2D eigenvalue weighted by Gasteiger charge is 2.28. The second-order valence-electron chi connectivity index (χ2n) is 11.4. The Morgan fingerprint density at radius 3 is 2.60 bits per heavy atom. The molecule has 45 heavy (non-hydrogen) atoms. The zero-order chi connectivity index (χ0) is 31.9. The van der Waals surface area contributed by atoms with E-state index in [0.717, 1.165) is 5.69 Å². The molecule has 0 unspecified atom stereocenters. The maximum atomic E-state index is 14.1. The number of carbonyl (C=O) groups excluding carboxylic acids is 3.